The standard InChI is InChI=1S/C23H24FN9O5/c1-23(2)37-15-16(36-22(17(15)38-23)33-10-30-14-18(25)28-9-29-20(14)33)21(34)27-8-4-3-5-11-6-7-12(24)13(31-11)19(26)32-35/h6-7,9-10,15-17,22,35H,4,8H2,1-2H3,(H2,26,32)(H,27,34)(H2,25,28,29)/t15-,16+,17-,22-/m1/s1. The summed E-state index contributed by atoms with van der Waals surface area (Å²) in [5.41, 5.74) is 12.1. The van der Waals surface area contributed by atoms with Crippen molar-refractivity contribution in [2.24, 2.45) is 10.9 Å². The monoisotopic (exact) mass is 525 g/mol. The summed E-state index contributed by atoms with van der Waals surface area (Å²) in [6, 6.07) is 2.48. The van der Waals surface area contributed by atoms with E-state index in [-0.39, 0.29) is 30.2 Å². The molecule has 5 heterocycles. The Morgan fingerprint density at radius 1 is 1.29 bits per heavy atom. The number of hydrogen-bond acceptors (Lipinski definition) is 11. The largest absolute Gasteiger partial charge is 0.409 e. The lowest BCUT2D eigenvalue weighted by molar-refractivity contribution is -0.197. The number of hydrogen-bond donors (Lipinski definition) is 4. The van der Waals surface area contributed by atoms with Crippen molar-refractivity contribution < 1.29 is 28.6 Å². The number of fused-ring (bicyclic) bond motifs is 2. The Hall–Kier alpha value is -4.39. The summed E-state index contributed by atoms with van der Waals surface area (Å²) < 4.78 is 33.6. The van der Waals surface area contributed by atoms with Gasteiger partial charge in [0.2, 0.25) is 0 Å². The molecule has 3 aromatic rings. The molecule has 0 spiro atoms. The zero-order valence-corrected chi connectivity index (χ0v) is 20.3. The molecule has 0 radical (unpaired) electrons. The van der Waals surface area contributed by atoms with Gasteiger partial charge < -0.3 is 36.2 Å². The number of carbonyl (C=O) groups excluding carboxylic acids is 1. The van der Waals surface area contributed by atoms with Crippen LogP contribution in [0.3, 0.4) is 0 Å². The molecule has 4 atom stereocenters. The Balaban J connectivity index is 1.26. The van der Waals surface area contributed by atoms with E-state index in [1.54, 1.807) is 18.4 Å². The van der Waals surface area contributed by atoms with E-state index in [1.165, 1.54) is 18.7 Å². The number of amides is 1. The van der Waals surface area contributed by atoms with E-state index in [1.807, 2.05) is 0 Å². The number of amidine groups is 1. The summed E-state index contributed by atoms with van der Waals surface area (Å²) >= 11 is 0. The second-order valence-corrected chi connectivity index (χ2v) is 8.95. The van der Waals surface area contributed by atoms with Crippen molar-refractivity contribution in [2.75, 3.05) is 12.3 Å². The Morgan fingerprint density at radius 3 is 2.87 bits per heavy atom. The lowest BCUT2D eigenvalue weighted by Gasteiger charge is -2.24. The molecule has 0 aromatic carbocycles. The third-order valence-electron chi connectivity index (χ3n) is 5.91. The molecule has 5 rings (SSSR count). The lowest BCUT2D eigenvalue weighted by atomic mass is 10.1. The molecule has 14 nitrogen and oxygen atoms in total. The van der Waals surface area contributed by atoms with Crippen LogP contribution in [0.25, 0.3) is 11.2 Å². The summed E-state index contributed by atoms with van der Waals surface area (Å²) in [6.45, 7) is 3.71. The number of imidazole rings is 1. The van der Waals surface area contributed by atoms with Gasteiger partial charge >= 0.3 is 0 Å². The molecular formula is C23H24FN9O5. The molecule has 2 saturated heterocycles. The number of anilines is 1. The van der Waals surface area contributed by atoms with Crippen LogP contribution in [0.4, 0.5) is 10.2 Å². The third kappa shape index (κ3) is 4.67. The van der Waals surface area contributed by atoms with Crippen molar-refractivity contribution in [1.29, 1.82) is 0 Å². The van der Waals surface area contributed by atoms with Crippen LogP contribution in [-0.2, 0) is 19.0 Å². The third-order valence-corrected chi connectivity index (χ3v) is 5.91. The van der Waals surface area contributed by atoms with Gasteiger partial charge in [-0.25, -0.2) is 24.3 Å². The molecule has 38 heavy (non-hydrogen) atoms. The molecule has 15 heteroatoms. The van der Waals surface area contributed by atoms with Crippen molar-refractivity contribution in [2.45, 2.75) is 50.6 Å². The molecule has 198 valence electrons. The minimum atomic E-state index is -0.974. The second kappa shape index (κ2) is 9.82. The first-order valence-electron chi connectivity index (χ1n) is 11.5. The van der Waals surface area contributed by atoms with Crippen LogP contribution < -0.4 is 16.8 Å². The van der Waals surface area contributed by atoms with E-state index in [0.29, 0.717) is 11.2 Å². The van der Waals surface area contributed by atoms with E-state index >= 15 is 0 Å². The number of halogens is 1. The predicted octanol–water partition coefficient (Wildman–Crippen LogP) is 0.0126. The van der Waals surface area contributed by atoms with Gasteiger partial charge in [-0.1, -0.05) is 11.1 Å². The lowest BCUT2D eigenvalue weighted by Crippen LogP contribution is -2.43. The fourth-order valence-electron chi connectivity index (χ4n) is 4.31. The Kier molecular flexibility index (Phi) is 6.53. The smallest absolute Gasteiger partial charge is 0.252 e. The van der Waals surface area contributed by atoms with E-state index in [4.69, 9.17) is 30.9 Å². The minimum Gasteiger partial charge on any atom is -0.409 e. The second-order valence-electron chi connectivity index (χ2n) is 8.95. The number of aromatic nitrogens is 5. The molecule has 3 aromatic heterocycles. The van der Waals surface area contributed by atoms with Crippen LogP contribution in [-0.4, -0.2) is 72.1 Å². The normalized spacial score (nSPS) is 24.1. The maximum Gasteiger partial charge on any atom is 0.252 e. The first kappa shape index (κ1) is 25.3. The Labute approximate surface area is 215 Å². The zero-order valence-electron chi connectivity index (χ0n) is 20.3. The molecule has 2 fully saturated rings. The first-order chi connectivity index (χ1) is 18.2. The summed E-state index contributed by atoms with van der Waals surface area (Å²) in [5, 5.41) is 14.3. The van der Waals surface area contributed by atoms with Crippen LogP contribution >= 0.6 is 0 Å². The molecule has 2 aliphatic heterocycles. The molecule has 0 saturated carbocycles. The van der Waals surface area contributed by atoms with Gasteiger partial charge in [0.05, 0.1) is 6.33 Å². The quantitative estimate of drug-likeness (QED) is 0.0874. The molecule has 0 aliphatic carbocycles. The van der Waals surface area contributed by atoms with Crippen LogP contribution in [0.5, 0.6) is 0 Å². The van der Waals surface area contributed by atoms with Gasteiger partial charge in [0.25, 0.3) is 5.91 Å². The summed E-state index contributed by atoms with van der Waals surface area (Å²) in [5.74, 6) is 3.26. The van der Waals surface area contributed by atoms with E-state index in [9.17, 15) is 9.18 Å². The number of oxime groups is 1. The highest BCUT2D eigenvalue weighted by Crippen LogP contribution is 2.43. The molecule has 2 aliphatic rings. The number of rotatable bonds is 5. The number of nitrogens with two attached hydrogens (primary N) is 2. The maximum atomic E-state index is 13.8. The fourth-order valence-corrected chi connectivity index (χ4v) is 4.31. The van der Waals surface area contributed by atoms with Crippen LogP contribution in [0, 0.1) is 17.7 Å². The first-order valence-corrected chi connectivity index (χ1v) is 11.5. The molecular weight excluding hydrogens is 501 g/mol. The van der Waals surface area contributed by atoms with Crippen molar-refractivity contribution >= 4 is 28.7 Å². The van der Waals surface area contributed by atoms with Gasteiger partial charge in [-0.2, -0.15) is 0 Å². The van der Waals surface area contributed by atoms with E-state index < -0.39 is 47.9 Å². The average molecular weight is 526 g/mol. The van der Waals surface area contributed by atoms with E-state index in [0.717, 1.165) is 6.07 Å². The number of nitrogens with one attached hydrogen (secondary N) is 1. The van der Waals surface area contributed by atoms with Gasteiger partial charge in [-0.05, 0) is 31.9 Å². The fraction of sp³-hybridized carbons (Fsp3) is 0.391. The maximum absolute atomic E-state index is 13.8. The molecule has 1 amide bonds. The van der Waals surface area contributed by atoms with Crippen molar-refractivity contribution in [3.63, 3.8) is 0 Å². The van der Waals surface area contributed by atoms with Gasteiger partial charge in [0.1, 0.15) is 35.4 Å². The molecule has 6 N–H and O–H groups in total. The average Bonchev–Trinajstić information content (AvgIpc) is 3.55. The number of pyridine rings is 1. The van der Waals surface area contributed by atoms with Gasteiger partial charge in [-0.3, -0.25) is 9.36 Å². The minimum absolute atomic E-state index is 0.198. The topological polar surface area (TPSA) is 198 Å². The molecule has 0 bridgehead atoms. The highest BCUT2D eigenvalue weighted by atomic mass is 19.1. The zero-order chi connectivity index (χ0) is 27.0. The summed E-state index contributed by atoms with van der Waals surface area (Å²) in [4.78, 5) is 29.5. The predicted molar refractivity (Wildman–Crippen MR) is 129 cm³/mol. The van der Waals surface area contributed by atoms with Crippen LogP contribution in [0.15, 0.2) is 29.9 Å². The SMILES string of the molecule is CC1(C)O[C@@H]2[C@H](O1)[C@@H](C(=O)NCCC#Cc1ccc(F)c(/C(N)=N\O)n1)O[C@H]2n1cnc2c(N)ncnc21. The van der Waals surface area contributed by atoms with Crippen LogP contribution in [0.1, 0.15) is 37.9 Å². The summed E-state index contributed by atoms with van der Waals surface area (Å²) in [7, 11) is 0. The highest BCUT2D eigenvalue weighted by molar-refractivity contribution is 5.95. The van der Waals surface area contributed by atoms with Gasteiger partial charge in [0, 0.05) is 13.0 Å². The van der Waals surface area contributed by atoms with E-state index in [2.05, 4.69) is 42.2 Å². The van der Waals surface area contributed by atoms with Gasteiger partial charge in [0.15, 0.2) is 41.2 Å². The van der Waals surface area contributed by atoms with Crippen molar-refractivity contribution in [1.82, 2.24) is 29.8 Å². The van der Waals surface area contributed by atoms with Gasteiger partial charge in [-0.15, -0.1) is 0 Å². The molecule has 0 unspecified atom stereocenters. The van der Waals surface area contributed by atoms with Crippen LogP contribution in [0.2, 0.25) is 0 Å². The Bertz CT molecular complexity index is 1480. The van der Waals surface area contributed by atoms with Crippen molar-refractivity contribution in [3.05, 3.63) is 42.0 Å². The number of ether oxygens (including phenoxy) is 3. The number of carbonyl (C=O) groups is 1. The van der Waals surface area contributed by atoms with Crippen molar-refractivity contribution in [3.8, 4) is 11.8 Å². The number of nitrogens with zero attached hydrogens (tertiary/aromatic N) is 6. The Morgan fingerprint density at radius 2 is 2.08 bits per heavy atom. The summed E-state index contributed by atoms with van der Waals surface area (Å²) in [6.07, 6.45) is 0.0846. The number of nitrogen functional groups attached to an aromatic ring is 1. The highest BCUT2D eigenvalue weighted by Gasteiger charge is 2.58.